The van der Waals surface area contributed by atoms with Crippen LogP contribution >= 0.6 is 0 Å². The molecule has 0 aliphatic rings. The van der Waals surface area contributed by atoms with Crippen molar-refractivity contribution < 1.29 is 9.21 Å². The second kappa shape index (κ2) is 7.23. The fourth-order valence-corrected chi connectivity index (χ4v) is 2.93. The first-order chi connectivity index (χ1) is 12.8. The minimum absolute atomic E-state index is 0.0734. The van der Waals surface area contributed by atoms with Crippen LogP contribution in [0.2, 0.25) is 0 Å². The summed E-state index contributed by atoms with van der Waals surface area (Å²) in [4.78, 5) is 16.5. The van der Waals surface area contributed by atoms with E-state index in [9.17, 15) is 4.79 Å². The highest BCUT2D eigenvalue weighted by molar-refractivity contribution is 5.79. The summed E-state index contributed by atoms with van der Waals surface area (Å²) in [6, 6.07) is 19.3. The van der Waals surface area contributed by atoms with Crippen LogP contribution in [-0.2, 0) is 11.2 Å². The van der Waals surface area contributed by atoms with Crippen molar-refractivity contribution in [3.8, 4) is 0 Å². The molecule has 1 amide bonds. The summed E-state index contributed by atoms with van der Waals surface area (Å²) in [5, 5.41) is 10.7. The lowest BCUT2D eigenvalue weighted by atomic mass is 10.0. The van der Waals surface area contributed by atoms with Crippen LogP contribution in [0.4, 0.5) is 0 Å². The molecule has 0 aliphatic carbocycles. The van der Waals surface area contributed by atoms with Gasteiger partial charge >= 0.3 is 0 Å². The number of aryl methyl sites for hydroxylation is 1. The van der Waals surface area contributed by atoms with E-state index >= 15 is 0 Å². The van der Waals surface area contributed by atoms with E-state index < -0.39 is 0 Å². The maximum Gasteiger partial charge on any atom is 0.221 e. The molecule has 6 heteroatoms. The summed E-state index contributed by atoms with van der Waals surface area (Å²) in [7, 11) is 0. The lowest BCUT2D eigenvalue weighted by Gasteiger charge is -2.17. The highest BCUT2D eigenvalue weighted by atomic mass is 16.3. The van der Waals surface area contributed by atoms with Gasteiger partial charge in [-0.2, -0.15) is 5.10 Å². The number of hydrogen-bond acceptors (Lipinski definition) is 4. The Morgan fingerprint density at radius 3 is 2.69 bits per heavy atom. The number of benzene rings is 2. The molecular weight excluding hydrogens is 328 g/mol. The molecule has 2 aromatic heterocycles. The van der Waals surface area contributed by atoms with E-state index in [1.807, 2.05) is 60.7 Å². The number of amides is 1. The molecule has 0 fully saturated rings. The largest absolute Gasteiger partial charge is 0.459 e. The van der Waals surface area contributed by atoms with E-state index in [0.29, 0.717) is 24.4 Å². The second-order valence-electron chi connectivity index (χ2n) is 6.03. The fourth-order valence-electron chi connectivity index (χ4n) is 2.93. The number of carbonyl (C=O) groups excluding carboxylic acids is 1. The number of fused-ring (bicyclic) bond motifs is 1. The average molecular weight is 346 g/mol. The van der Waals surface area contributed by atoms with Crippen molar-refractivity contribution in [2.75, 3.05) is 0 Å². The van der Waals surface area contributed by atoms with Crippen molar-refractivity contribution in [2.45, 2.75) is 18.9 Å². The monoisotopic (exact) mass is 346 g/mol. The Labute approximate surface area is 150 Å². The Bertz CT molecular complexity index is 960. The number of furan rings is 1. The zero-order valence-corrected chi connectivity index (χ0v) is 14.1. The maximum atomic E-state index is 12.5. The van der Waals surface area contributed by atoms with Crippen LogP contribution in [0.3, 0.4) is 0 Å². The molecule has 0 saturated heterocycles. The third-order valence-corrected chi connectivity index (χ3v) is 4.22. The maximum absolute atomic E-state index is 12.5. The molecule has 6 nitrogen and oxygen atoms in total. The minimum Gasteiger partial charge on any atom is -0.459 e. The quantitative estimate of drug-likeness (QED) is 0.560. The van der Waals surface area contributed by atoms with Crippen molar-refractivity contribution >= 4 is 16.9 Å². The van der Waals surface area contributed by atoms with Gasteiger partial charge in [-0.3, -0.25) is 9.89 Å². The molecule has 1 atom stereocenters. The van der Waals surface area contributed by atoms with Gasteiger partial charge < -0.3 is 9.73 Å². The Morgan fingerprint density at radius 1 is 1.12 bits per heavy atom. The number of rotatable bonds is 6. The topological polar surface area (TPSA) is 83.8 Å². The first kappa shape index (κ1) is 16.1. The smallest absolute Gasteiger partial charge is 0.221 e. The molecule has 0 radical (unpaired) electrons. The van der Waals surface area contributed by atoms with Crippen LogP contribution in [0.15, 0.2) is 71.4 Å². The Balaban J connectivity index is 1.57. The van der Waals surface area contributed by atoms with Crippen molar-refractivity contribution in [3.63, 3.8) is 0 Å². The van der Waals surface area contributed by atoms with Gasteiger partial charge in [0.25, 0.3) is 0 Å². The third kappa shape index (κ3) is 3.49. The number of nitrogens with one attached hydrogen (secondary N) is 2. The van der Waals surface area contributed by atoms with Gasteiger partial charge in [0.05, 0.1) is 0 Å². The first-order valence-electron chi connectivity index (χ1n) is 8.46. The van der Waals surface area contributed by atoms with Crippen LogP contribution in [0.25, 0.3) is 11.0 Å². The Kier molecular flexibility index (Phi) is 4.47. The molecule has 2 N–H and O–H groups in total. The Hall–Kier alpha value is -3.41. The van der Waals surface area contributed by atoms with Crippen molar-refractivity contribution in [3.05, 3.63) is 84.1 Å². The Morgan fingerprint density at radius 2 is 1.92 bits per heavy atom. The summed E-state index contributed by atoms with van der Waals surface area (Å²) in [6.07, 6.45) is 2.26. The van der Waals surface area contributed by atoms with Gasteiger partial charge in [0.1, 0.15) is 29.5 Å². The van der Waals surface area contributed by atoms with E-state index in [1.54, 1.807) is 0 Å². The molecule has 4 aromatic rings. The standard InChI is InChI=1S/C20H18N4O2/c25-19(11-10-18-21-13-22-24-18)23-20(14-6-2-1-3-7-14)17-12-15-8-4-5-9-16(15)26-17/h1-9,12-13,20H,10-11H2,(H,23,25)(H,21,22,24). The molecular formula is C20H18N4O2. The normalized spacial score (nSPS) is 12.2. The molecule has 2 aromatic carbocycles. The number of aromatic amines is 1. The number of carbonyl (C=O) groups is 1. The number of para-hydroxylation sites is 1. The van der Waals surface area contributed by atoms with Gasteiger partial charge in [0.2, 0.25) is 5.91 Å². The van der Waals surface area contributed by atoms with Gasteiger partial charge in [0, 0.05) is 18.2 Å². The second-order valence-corrected chi connectivity index (χ2v) is 6.03. The van der Waals surface area contributed by atoms with Crippen LogP contribution < -0.4 is 5.32 Å². The van der Waals surface area contributed by atoms with Gasteiger partial charge in [-0.05, 0) is 17.7 Å². The molecule has 4 rings (SSSR count). The molecule has 0 saturated carbocycles. The average Bonchev–Trinajstić information content (AvgIpc) is 3.34. The molecule has 130 valence electrons. The van der Waals surface area contributed by atoms with Gasteiger partial charge in [-0.15, -0.1) is 0 Å². The molecule has 0 spiro atoms. The highest BCUT2D eigenvalue weighted by Crippen LogP contribution is 2.28. The first-order valence-corrected chi connectivity index (χ1v) is 8.46. The predicted molar refractivity (Wildman–Crippen MR) is 97.3 cm³/mol. The third-order valence-electron chi connectivity index (χ3n) is 4.22. The van der Waals surface area contributed by atoms with E-state index in [-0.39, 0.29) is 11.9 Å². The van der Waals surface area contributed by atoms with Gasteiger partial charge in [-0.25, -0.2) is 4.98 Å². The number of hydrogen-bond donors (Lipinski definition) is 2. The number of nitrogens with zero attached hydrogens (tertiary/aromatic N) is 2. The van der Waals surface area contributed by atoms with Crippen LogP contribution in [0, 0.1) is 0 Å². The molecule has 0 bridgehead atoms. The van der Waals surface area contributed by atoms with Crippen LogP contribution in [0.5, 0.6) is 0 Å². The van der Waals surface area contributed by atoms with Crippen molar-refractivity contribution in [1.29, 1.82) is 0 Å². The SMILES string of the molecule is O=C(CCc1ncn[nH]1)NC(c1ccccc1)c1cc2ccccc2o1. The predicted octanol–water partition coefficient (Wildman–Crippen LogP) is 3.39. The number of H-pyrrole nitrogens is 1. The summed E-state index contributed by atoms with van der Waals surface area (Å²) >= 11 is 0. The summed E-state index contributed by atoms with van der Waals surface area (Å²) in [5.74, 6) is 1.33. The lowest BCUT2D eigenvalue weighted by Crippen LogP contribution is -2.29. The molecule has 0 aliphatic heterocycles. The lowest BCUT2D eigenvalue weighted by molar-refractivity contribution is -0.121. The molecule has 2 heterocycles. The number of aromatic nitrogens is 3. The van der Waals surface area contributed by atoms with Gasteiger partial charge in [-0.1, -0.05) is 48.5 Å². The van der Waals surface area contributed by atoms with E-state index in [2.05, 4.69) is 20.5 Å². The zero-order chi connectivity index (χ0) is 17.8. The summed E-state index contributed by atoms with van der Waals surface area (Å²) in [5.41, 5.74) is 1.78. The summed E-state index contributed by atoms with van der Waals surface area (Å²) in [6.45, 7) is 0. The van der Waals surface area contributed by atoms with E-state index in [0.717, 1.165) is 16.5 Å². The summed E-state index contributed by atoms with van der Waals surface area (Å²) < 4.78 is 5.99. The van der Waals surface area contributed by atoms with E-state index in [4.69, 9.17) is 4.42 Å². The fraction of sp³-hybridized carbons (Fsp3) is 0.150. The van der Waals surface area contributed by atoms with Crippen LogP contribution in [-0.4, -0.2) is 21.1 Å². The van der Waals surface area contributed by atoms with Crippen molar-refractivity contribution in [1.82, 2.24) is 20.5 Å². The van der Waals surface area contributed by atoms with E-state index in [1.165, 1.54) is 6.33 Å². The van der Waals surface area contributed by atoms with Crippen molar-refractivity contribution in [2.24, 2.45) is 0 Å². The van der Waals surface area contributed by atoms with Gasteiger partial charge in [0.15, 0.2) is 0 Å². The minimum atomic E-state index is -0.342. The molecule has 26 heavy (non-hydrogen) atoms. The van der Waals surface area contributed by atoms with Crippen LogP contribution in [0.1, 0.15) is 29.6 Å². The zero-order valence-electron chi connectivity index (χ0n) is 14.1. The molecule has 1 unspecified atom stereocenters. The highest BCUT2D eigenvalue weighted by Gasteiger charge is 2.20.